The first-order valence-electron chi connectivity index (χ1n) is 6.51. The van der Waals surface area contributed by atoms with Crippen molar-refractivity contribution < 1.29 is 5.11 Å². The summed E-state index contributed by atoms with van der Waals surface area (Å²) in [5, 5.41) is 15.0. The maximum atomic E-state index is 10.8. The molecular formula is C15H17BrN2O. The van der Waals surface area contributed by atoms with Crippen molar-refractivity contribution in [1.29, 1.82) is 0 Å². The molecule has 0 bridgehead atoms. The lowest BCUT2D eigenvalue weighted by atomic mass is 9.77. The normalized spacial score (nSPS) is 22.3. The summed E-state index contributed by atoms with van der Waals surface area (Å²) in [5.74, 6) is 0. The summed E-state index contributed by atoms with van der Waals surface area (Å²) in [4.78, 5) is 0. The SMILES string of the molecule is Cn1cc(CC2(O)CCc3cc(Br)ccc3C2)cn1. The number of aromatic nitrogens is 2. The Balaban J connectivity index is 1.81. The van der Waals surface area contributed by atoms with E-state index in [4.69, 9.17) is 0 Å². The minimum absolute atomic E-state index is 0.635. The first-order chi connectivity index (χ1) is 9.04. The molecule has 0 amide bonds. The third-order valence-corrected chi connectivity index (χ3v) is 4.33. The lowest BCUT2D eigenvalue weighted by Crippen LogP contribution is -2.38. The highest BCUT2D eigenvalue weighted by molar-refractivity contribution is 9.10. The summed E-state index contributed by atoms with van der Waals surface area (Å²) < 4.78 is 2.90. The van der Waals surface area contributed by atoms with Crippen LogP contribution in [0.4, 0.5) is 0 Å². The fourth-order valence-electron chi connectivity index (χ4n) is 2.90. The quantitative estimate of drug-likeness (QED) is 0.923. The van der Waals surface area contributed by atoms with Gasteiger partial charge < -0.3 is 5.11 Å². The second-order valence-electron chi connectivity index (χ2n) is 5.51. The summed E-state index contributed by atoms with van der Waals surface area (Å²) >= 11 is 3.50. The summed E-state index contributed by atoms with van der Waals surface area (Å²) in [7, 11) is 1.90. The highest BCUT2D eigenvalue weighted by Crippen LogP contribution is 2.32. The summed E-state index contributed by atoms with van der Waals surface area (Å²) in [5.41, 5.74) is 3.08. The van der Waals surface area contributed by atoms with Crippen LogP contribution in [0.15, 0.2) is 35.1 Å². The van der Waals surface area contributed by atoms with Crippen LogP contribution >= 0.6 is 15.9 Å². The zero-order valence-corrected chi connectivity index (χ0v) is 12.5. The van der Waals surface area contributed by atoms with Gasteiger partial charge in [-0.15, -0.1) is 0 Å². The molecule has 1 aromatic heterocycles. The molecule has 1 aliphatic rings. The van der Waals surface area contributed by atoms with E-state index in [2.05, 4.69) is 39.2 Å². The summed E-state index contributed by atoms with van der Waals surface area (Å²) in [6.07, 6.45) is 6.97. The minimum Gasteiger partial charge on any atom is -0.389 e. The van der Waals surface area contributed by atoms with Crippen LogP contribution in [-0.4, -0.2) is 20.5 Å². The molecule has 0 aliphatic heterocycles. The molecule has 2 aromatic rings. The number of hydrogen-bond donors (Lipinski definition) is 1. The number of aryl methyl sites for hydroxylation is 2. The van der Waals surface area contributed by atoms with Crippen LogP contribution < -0.4 is 0 Å². The van der Waals surface area contributed by atoms with Crippen LogP contribution in [0.5, 0.6) is 0 Å². The van der Waals surface area contributed by atoms with Crippen molar-refractivity contribution in [3.05, 3.63) is 51.8 Å². The highest BCUT2D eigenvalue weighted by Gasteiger charge is 2.32. The Bertz CT molecular complexity index is 608. The Morgan fingerprint density at radius 3 is 3.00 bits per heavy atom. The van der Waals surface area contributed by atoms with E-state index >= 15 is 0 Å². The molecule has 1 unspecified atom stereocenters. The van der Waals surface area contributed by atoms with Gasteiger partial charge in [0.15, 0.2) is 0 Å². The lowest BCUT2D eigenvalue weighted by molar-refractivity contribution is 0.0267. The van der Waals surface area contributed by atoms with Crippen molar-refractivity contribution in [2.75, 3.05) is 0 Å². The van der Waals surface area contributed by atoms with Gasteiger partial charge in [0.05, 0.1) is 11.8 Å². The topological polar surface area (TPSA) is 38.0 Å². The molecule has 1 heterocycles. The maximum Gasteiger partial charge on any atom is 0.0732 e. The van der Waals surface area contributed by atoms with Gasteiger partial charge in [-0.05, 0) is 41.7 Å². The summed E-state index contributed by atoms with van der Waals surface area (Å²) in [6.45, 7) is 0. The number of benzene rings is 1. The van der Waals surface area contributed by atoms with E-state index < -0.39 is 5.60 Å². The minimum atomic E-state index is -0.635. The molecule has 4 heteroatoms. The molecule has 19 heavy (non-hydrogen) atoms. The first kappa shape index (κ1) is 12.9. The van der Waals surface area contributed by atoms with Crippen molar-refractivity contribution in [2.45, 2.75) is 31.3 Å². The van der Waals surface area contributed by atoms with Crippen molar-refractivity contribution in [2.24, 2.45) is 7.05 Å². The zero-order chi connectivity index (χ0) is 13.5. The number of nitrogens with zero attached hydrogens (tertiary/aromatic N) is 2. The standard InChI is InChI=1S/C15H17BrN2O/c1-18-10-11(9-17-18)7-15(19)5-4-12-6-14(16)3-2-13(12)8-15/h2-3,6,9-10,19H,4-5,7-8H2,1H3. The molecule has 1 atom stereocenters. The molecule has 100 valence electrons. The van der Waals surface area contributed by atoms with Crippen LogP contribution in [-0.2, 0) is 26.3 Å². The fraction of sp³-hybridized carbons (Fsp3) is 0.400. The van der Waals surface area contributed by atoms with Crippen molar-refractivity contribution in [3.63, 3.8) is 0 Å². The number of fused-ring (bicyclic) bond motifs is 1. The molecule has 0 fully saturated rings. The van der Waals surface area contributed by atoms with Crippen LogP contribution in [0.25, 0.3) is 0 Å². The number of halogens is 1. The molecule has 3 nitrogen and oxygen atoms in total. The van der Waals surface area contributed by atoms with Gasteiger partial charge in [0.2, 0.25) is 0 Å². The smallest absolute Gasteiger partial charge is 0.0732 e. The van der Waals surface area contributed by atoms with Crippen molar-refractivity contribution in [1.82, 2.24) is 9.78 Å². The van der Waals surface area contributed by atoms with Gasteiger partial charge in [-0.3, -0.25) is 4.68 Å². The van der Waals surface area contributed by atoms with Gasteiger partial charge in [0.1, 0.15) is 0 Å². The first-order valence-corrected chi connectivity index (χ1v) is 7.31. The highest BCUT2D eigenvalue weighted by atomic mass is 79.9. The number of hydrogen-bond acceptors (Lipinski definition) is 2. The van der Waals surface area contributed by atoms with E-state index in [1.54, 1.807) is 4.68 Å². The van der Waals surface area contributed by atoms with E-state index in [9.17, 15) is 5.11 Å². The van der Waals surface area contributed by atoms with Gasteiger partial charge >= 0.3 is 0 Å². The molecular weight excluding hydrogens is 304 g/mol. The van der Waals surface area contributed by atoms with E-state index in [0.29, 0.717) is 6.42 Å². The number of aliphatic hydroxyl groups is 1. The van der Waals surface area contributed by atoms with Gasteiger partial charge in [0.25, 0.3) is 0 Å². The van der Waals surface area contributed by atoms with Gasteiger partial charge in [0, 0.05) is 30.6 Å². The third-order valence-electron chi connectivity index (χ3n) is 3.84. The average molecular weight is 321 g/mol. The Morgan fingerprint density at radius 1 is 1.42 bits per heavy atom. The molecule has 3 rings (SSSR count). The van der Waals surface area contributed by atoms with Crippen molar-refractivity contribution in [3.8, 4) is 0 Å². The monoisotopic (exact) mass is 320 g/mol. The molecule has 1 N–H and O–H groups in total. The molecule has 0 radical (unpaired) electrons. The number of rotatable bonds is 2. The van der Waals surface area contributed by atoms with Crippen LogP contribution in [0.1, 0.15) is 23.1 Å². The van der Waals surface area contributed by atoms with Gasteiger partial charge in [-0.1, -0.05) is 22.0 Å². The van der Waals surface area contributed by atoms with Crippen LogP contribution in [0.2, 0.25) is 0 Å². The maximum absolute atomic E-state index is 10.8. The van der Waals surface area contributed by atoms with Crippen LogP contribution in [0.3, 0.4) is 0 Å². The largest absolute Gasteiger partial charge is 0.389 e. The molecule has 0 saturated carbocycles. The predicted molar refractivity (Wildman–Crippen MR) is 78.0 cm³/mol. The molecule has 1 aliphatic carbocycles. The summed E-state index contributed by atoms with van der Waals surface area (Å²) in [6, 6.07) is 6.33. The van der Waals surface area contributed by atoms with E-state index in [1.807, 2.05) is 19.4 Å². The Kier molecular flexibility index (Phi) is 3.23. The van der Waals surface area contributed by atoms with E-state index in [0.717, 1.165) is 29.3 Å². The predicted octanol–water partition coefficient (Wildman–Crippen LogP) is 2.65. The third kappa shape index (κ3) is 2.74. The fourth-order valence-corrected chi connectivity index (χ4v) is 3.31. The Morgan fingerprint density at radius 2 is 2.26 bits per heavy atom. The van der Waals surface area contributed by atoms with E-state index in [1.165, 1.54) is 11.1 Å². The Labute approximate surface area is 121 Å². The molecule has 0 spiro atoms. The zero-order valence-electron chi connectivity index (χ0n) is 10.9. The van der Waals surface area contributed by atoms with Gasteiger partial charge in [-0.25, -0.2) is 0 Å². The van der Waals surface area contributed by atoms with Crippen LogP contribution in [0, 0.1) is 0 Å². The van der Waals surface area contributed by atoms with Crippen molar-refractivity contribution >= 4 is 15.9 Å². The molecule has 1 aromatic carbocycles. The lowest BCUT2D eigenvalue weighted by Gasteiger charge is -2.33. The molecule has 0 saturated heterocycles. The Hall–Kier alpha value is -1.13. The van der Waals surface area contributed by atoms with E-state index in [-0.39, 0.29) is 0 Å². The average Bonchev–Trinajstić information content (AvgIpc) is 2.75. The van der Waals surface area contributed by atoms with Gasteiger partial charge in [-0.2, -0.15) is 5.10 Å². The second kappa shape index (κ2) is 4.76. The second-order valence-corrected chi connectivity index (χ2v) is 6.43.